The maximum Gasteiger partial charge on any atom is 0.321 e. The molecule has 0 spiro atoms. The summed E-state index contributed by atoms with van der Waals surface area (Å²) in [5, 5.41) is 14.9. The summed E-state index contributed by atoms with van der Waals surface area (Å²) in [5.41, 5.74) is 2.32. The molecular formula is C18H27N3O3. The number of aliphatic hydroxyl groups excluding tert-OH is 1. The number of urea groups is 1. The second-order valence-corrected chi connectivity index (χ2v) is 6.72. The lowest BCUT2D eigenvalue weighted by Crippen LogP contribution is -2.41. The number of piperidine rings is 1. The Morgan fingerprint density at radius 2 is 1.92 bits per heavy atom. The highest BCUT2D eigenvalue weighted by Gasteiger charge is 2.22. The van der Waals surface area contributed by atoms with E-state index < -0.39 is 0 Å². The third-order valence-corrected chi connectivity index (χ3v) is 4.43. The smallest absolute Gasteiger partial charge is 0.321 e. The SMILES string of the molecule is Cc1ccc(NC(=O)C(C)C)cc1NC(=O)N1CCC(CO)CC1. The second-order valence-electron chi connectivity index (χ2n) is 6.72. The summed E-state index contributed by atoms with van der Waals surface area (Å²) in [7, 11) is 0. The van der Waals surface area contributed by atoms with E-state index in [4.69, 9.17) is 0 Å². The average Bonchev–Trinajstić information content (AvgIpc) is 2.57. The van der Waals surface area contributed by atoms with Crippen LogP contribution in [-0.2, 0) is 4.79 Å². The van der Waals surface area contributed by atoms with Crippen LogP contribution in [0.15, 0.2) is 18.2 Å². The Balaban J connectivity index is 2.01. The van der Waals surface area contributed by atoms with Crippen molar-refractivity contribution < 1.29 is 14.7 Å². The number of hydrogen-bond acceptors (Lipinski definition) is 3. The molecule has 132 valence electrons. The molecule has 0 atom stereocenters. The van der Waals surface area contributed by atoms with E-state index in [2.05, 4.69) is 10.6 Å². The molecule has 1 heterocycles. The Kier molecular flexibility index (Phi) is 6.20. The maximum atomic E-state index is 12.4. The van der Waals surface area contributed by atoms with Gasteiger partial charge >= 0.3 is 6.03 Å². The quantitative estimate of drug-likeness (QED) is 0.792. The van der Waals surface area contributed by atoms with E-state index in [1.165, 1.54) is 0 Å². The van der Waals surface area contributed by atoms with E-state index in [1.807, 2.05) is 32.9 Å². The Morgan fingerprint density at radius 1 is 1.25 bits per heavy atom. The van der Waals surface area contributed by atoms with E-state index in [0.717, 1.165) is 18.4 Å². The van der Waals surface area contributed by atoms with Gasteiger partial charge in [0.25, 0.3) is 0 Å². The van der Waals surface area contributed by atoms with Gasteiger partial charge in [-0.15, -0.1) is 0 Å². The van der Waals surface area contributed by atoms with Crippen molar-refractivity contribution in [2.24, 2.45) is 11.8 Å². The molecule has 1 aliphatic rings. The van der Waals surface area contributed by atoms with Crippen LogP contribution < -0.4 is 10.6 Å². The van der Waals surface area contributed by atoms with Crippen LogP contribution in [0.5, 0.6) is 0 Å². The lowest BCUT2D eigenvalue weighted by atomic mass is 9.98. The minimum Gasteiger partial charge on any atom is -0.396 e. The van der Waals surface area contributed by atoms with E-state index in [-0.39, 0.29) is 24.5 Å². The van der Waals surface area contributed by atoms with Crippen molar-refractivity contribution in [1.82, 2.24) is 4.90 Å². The second kappa shape index (κ2) is 8.15. The van der Waals surface area contributed by atoms with Crippen LogP contribution in [-0.4, -0.2) is 41.6 Å². The molecule has 6 heteroatoms. The van der Waals surface area contributed by atoms with Crippen molar-refractivity contribution >= 4 is 23.3 Å². The molecular weight excluding hydrogens is 306 g/mol. The lowest BCUT2D eigenvalue weighted by molar-refractivity contribution is -0.118. The number of likely N-dealkylation sites (tertiary alicyclic amines) is 1. The molecule has 3 N–H and O–H groups in total. The van der Waals surface area contributed by atoms with Crippen LogP contribution >= 0.6 is 0 Å². The zero-order valence-electron chi connectivity index (χ0n) is 14.6. The Morgan fingerprint density at radius 3 is 2.50 bits per heavy atom. The summed E-state index contributed by atoms with van der Waals surface area (Å²) < 4.78 is 0. The van der Waals surface area contributed by atoms with Gasteiger partial charge in [0.15, 0.2) is 0 Å². The van der Waals surface area contributed by atoms with Crippen LogP contribution in [0.25, 0.3) is 0 Å². The lowest BCUT2D eigenvalue weighted by Gasteiger charge is -2.31. The summed E-state index contributed by atoms with van der Waals surface area (Å²) in [6.45, 7) is 7.08. The fraction of sp³-hybridized carbons (Fsp3) is 0.556. The molecule has 1 saturated heterocycles. The van der Waals surface area contributed by atoms with Gasteiger partial charge < -0.3 is 20.6 Å². The van der Waals surface area contributed by atoms with Gasteiger partial charge in [-0.2, -0.15) is 0 Å². The van der Waals surface area contributed by atoms with Crippen LogP contribution in [0.3, 0.4) is 0 Å². The predicted octanol–water partition coefficient (Wildman–Crippen LogP) is 2.83. The number of rotatable bonds is 4. The minimum absolute atomic E-state index is 0.0535. The molecule has 24 heavy (non-hydrogen) atoms. The van der Waals surface area contributed by atoms with Crippen molar-refractivity contribution in [1.29, 1.82) is 0 Å². The number of aliphatic hydroxyl groups is 1. The zero-order valence-corrected chi connectivity index (χ0v) is 14.6. The molecule has 0 aliphatic carbocycles. The minimum atomic E-state index is -0.137. The van der Waals surface area contributed by atoms with Crippen molar-refractivity contribution in [3.05, 3.63) is 23.8 Å². The first-order valence-corrected chi connectivity index (χ1v) is 8.49. The molecule has 6 nitrogen and oxygen atoms in total. The first kappa shape index (κ1) is 18.3. The summed E-state index contributed by atoms with van der Waals surface area (Å²) in [5.74, 6) is 0.143. The van der Waals surface area contributed by atoms with Crippen molar-refractivity contribution in [3.63, 3.8) is 0 Å². The van der Waals surface area contributed by atoms with Gasteiger partial charge in [-0.25, -0.2) is 4.79 Å². The highest BCUT2D eigenvalue weighted by molar-refractivity contribution is 5.94. The summed E-state index contributed by atoms with van der Waals surface area (Å²) in [4.78, 5) is 26.0. The molecule has 1 fully saturated rings. The van der Waals surface area contributed by atoms with Gasteiger partial charge in [-0.1, -0.05) is 19.9 Å². The first-order valence-electron chi connectivity index (χ1n) is 8.49. The monoisotopic (exact) mass is 333 g/mol. The van der Waals surface area contributed by atoms with Gasteiger partial charge in [0.1, 0.15) is 0 Å². The number of benzene rings is 1. The number of aryl methyl sites for hydroxylation is 1. The molecule has 2 rings (SSSR count). The average molecular weight is 333 g/mol. The van der Waals surface area contributed by atoms with Crippen molar-refractivity contribution in [2.45, 2.75) is 33.6 Å². The first-order chi connectivity index (χ1) is 11.4. The fourth-order valence-electron chi connectivity index (χ4n) is 2.63. The molecule has 3 amide bonds. The van der Waals surface area contributed by atoms with E-state index in [0.29, 0.717) is 30.4 Å². The highest BCUT2D eigenvalue weighted by atomic mass is 16.3. The number of amides is 3. The molecule has 1 aromatic carbocycles. The Bertz CT molecular complexity index is 593. The van der Waals surface area contributed by atoms with Crippen LogP contribution in [0.4, 0.5) is 16.2 Å². The van der Waals surface area contributed by atoms with Gasteiger partial charge in [-0.3, -0.25) is 4.79 Å². The van der Waals surface area contributed by atoms with E-state index >= 15 is 0 Å². The zero-order chi connectivity index (χ0) is 17.7. The van der Waals surface area contributed by atoms with Gasteiger partial charge in [0.05, 0.1) is 0 Å². The number of carbonyl (C=O) groups is 2. The molecule has 1 aliphatic heterocycles. The largest absolute Gasteiger partial charge is 0.396 e. The summed E-state index contributed by atoms with van der Waals surface area (Å²) in [6.07, 6.45) is 1.65. The third-order valence-electron chi connectivity index (χ3n) is 4.43. The standard InChI is InChI=1S/C18H27N3O3/c1-12(2)17(23)19-15-5-4-13(3)16(10-15)20-18(24)21-8-6-14(11-22)7-9-21/h4-5,10,12,14,22H,6-9,11H2,1-3H3,(H,19,23)(H,20,24). The molecule has 0 unspecified atom stereocenters. The summed E-state index contributed by atoms with van der Waals surface area (Å²) in [6, 6.07) is 5.36. The topological polar surface area (TPSA) is 81.7 Å². The Hall–Kier alpha value is -2.08. The number of nitrogens with one attached hydrogen (secondary N) is 2. The number of anilines is 2. The maximum absolute atomic E-state index is 12.4. The summed E-state index contributed by atoms with van der Waals surface area (Å²) >= 11 is 0. The van der Waals surface area contributed by atoms with E-state index in [9.17, 15) is 14.7 Å². The molecule has 0 saturated carbocycles. The molecule has 0 bridgehead atoms. The number of carbonyl (C=O) groups excluding carboxylic acids is 2. The van der Waals surface area contributed by atoms with Crippen molar-refractivity contribution in [3.8, 4) is 0 Å². The third kappa shape index (κ3) is 4.71. The fourth-order valence-corrected chi connectivity index (χ4v) is 2.63. The molecule has 0 radical (unpaired) electrons. The van der Waals surface area contributed by atoms with Gasteiger partial charge in [0.2, 0.25) is 5.91 Å². The van der Waals surface area contributed by atoms with Crippen molar-refractivity contribution in [2.75, 3.05) is 30.3 Å². The van der Waals surface area contributed by atoms with E-state index in [1.54, 1.807) is 11.0 Å². The van der Waals surface area contributed by atoms with Gasteiger partial charge in [0, 0.05) is 37.0 Å². The normalized spacial score (nSPS) is 15.5. The number of hydrogen-bond donors (Lipinski definition) is 3. The Labute approximate surface area is 143 Å². The van der Waals surface area contributed by atoms with Crippen LogP contribution in [0.1, 0.15) is 32.3 Å². The van der Waals surface area contributed by atoms with Gasteiger partial charge in [-0.05, 0) is 43.4 Å². The molecule has 1 aromatic rings. The molecule has 0 aromatic heterocycles. The van der Waals surface area contributed by atoms with Crippen LogP contribution in [0.2, 0.25) is 0 Å². The highest BCUT2D eigenvalue weighted by Crippen LogP contribution is 2.22. The van der Waals surface area contributed by atoms with Crippen LogP contribution in [0, 0.1) is 18.8 Å². The predicted molar refractivity (Wildman–Crippen MR) is 95.0 cm³/mol. The number of nitrogens with zero attached hydrogens (tertiary/aromatic N) is 1.